The van der Waals surface area contributed by atoms with Crippen LogP contribution in [-0.2, 0) is 4.79 Å². The first-order chi connectivity index (χ1) is 9.41. The van der Waals surface area contributed by atoms with Crippen LogP contribution in [0.15, 0.2) is 28.9 Å². The fourth-order valence-electron chi connectivity index (χ4n) is 2.05. The smallest absolute Gasteiger partial charge is 0.326 e. The number of carboxylic acids is 1. The lowest BCUT2D eigenvalue weighted by Crippen LogP contribution is -2.44. The molecule has 1 atom stereocenters. The SMILES string of the molecule is CC(C)[C@@H](NC(=O)c1c[nH]c2cccc(Br)c12)C(=O)O. The van der Waals surface area contributed by atoms with Gasteiger partial charge >= 0.3 is 5.97 Å². The molecule has 0 bridgehead atoms. The van der Waals surface area contributed by atoms with Crippen molar-refractivity contribution in [2.45, 2.75) is 19.9 Å². The molecule has 0 saturated carbocycles. The number of nitrogens with one attached hydrogen (secondary N) is 2. The van der Waals surface area contributed by atoms with Crippen LogP contribution in [0.2, 0.25) is 0 Å². The molecule has 1 heterocycles. The third-order valence-corrected chi connectivity index (χ3v) is 3.78. The minimum absolute atomic E-state index is 0.190. The summed E-state index contributed by atoms with van der Waals surface area (Å²) in [4.78, 5) is 26.4. The molecule has 0 radical (unpaired) electrons. The molecular weight excluding hydrogens is 324 g/mol. The van der Waals surface area contributed by atoms with Crippen molar-refractivity contribution in [3.05, 3.63) is 34.4 Å². The van der Waals surface area contributed by atoms with E-state index in [9.17, 15) is 9.59 Å². The summed E-state index contributed by atoms with van der Waals surface area (Å²) in [5.41, 5.74) is 1.25. The van der Waals surface area contributed by atoms with E-state index in [0.717, 1.165) is 15.4 Å². The lowest BCUT2D eigenvalue weighted by molar-refractivity contribution is -0.140. The van der Waals surface area contributed by atoms with E-state index in [1.165, 1.54) is 0 Å². The molecule has 6 heteroatoms. The van der Waals surface area contributed by atoms with Crippen molar-refractivity contribution in [2.24, 2.45) is 5.92 Å². The standard InChI is InChI=1S/C14H15BrN2O3/c1-7(2)12(14(19)20)17-13(18)8-6-16-10-5-3-4-9(15)11(8)10/h3-7,12,16H,1-2H3,(H,17,18)(H,19,20)/t12-/m1/s1. The van der Waals surface area contributed by atoms with E-state index in [1.54, 1.807) is 20.0 Å². The van der Waals surface area contributed by atoms with Gasteiger partial charge in [-0.3, -0.25) is 4.79 Å². The highest BCUT2D eigenvalue weighted by atomic mass is 79.9. The third-order valence-electron chi connectivity index (χ3n) is 3.12. The molecule has 2 aromatic rings. The van der Waals surface area contributed by atoms with Crippen LogP contribution in [-0.4, -0.2) is 28.0 Å². The highest BCUT2D eigenvalue weighted by molar-refractivity contribution is 9.10. The van der Waals surface area contributed by atoms with Crippen LogP contribution in [0.1, 0.15) is 24.2 Å². The minimum atomic E-state index is -1.03. The summed E-state index contributed by atoms with van der Waals surface area (Å²) in [5, 5.41) is 12.4. The van der Waals surface area contributed by atoms with Gasteiger partial charge in [0.05, 0.1) is 5.56 Å². The average molecular weight is 339 g/mol. The minimum Gasteiger partial charge on any atom is -0.480 e. The summed E-state index contributed by atoms with van der Waals surface area (Å²) in [7, 11) is 0. The zero-order valence-corrected chi connectivity index (χ0v) is 12.7. The zero-order chi connectivity index (χ0) is 14.9. The van der Waals surface area contributed by atoms with Gasteiger partial charge in [-0.25, -0.2) is 4.79 Å². The average Bonchev–Trinajstić information content (AvgIpc) is 2.80. The number of aromatic nitrogens is 1. The summed E-state index contributed by atoms with van der Waals surface area (Å²) >= 11 is 3.40. The van der Waals surface area contributed by atoms with Crippen LogP contribution >= 0.6 is 15.9 Å². The van der Waals surface area contributed by atoms with Crippen LogP contribution in [0, 0.1) is 5.92 Å². The predicted octanol–water partition coefficient (Wildman–Crippen LogP) is 2.77. The second kappa shape index (κ2) is 5.66. The van der Waals surface area contributed by atoms with E-state index in [0.29, 0.717) is 5.56 Å². The molecule has 0 aliphatic heterocycles. The normalized spacial score (nSPS) is 12.6. The van der Waals surface area contributed by atoms with Crippen molar-refractivity contribution < 1.29 is 14.7 Å². The van der Waals surface area contributed by atoms with Crippen molar-refractivity contribution in [1.82, 2.24) is 10.3 Å². The molecule has 20 heavy (non-hydrogen) atoms. The summed E-state index contributed by atoms with van der Waals surface area (Å²) < 4.78 is 0.790. The highest BCUT2D eigenvalue weighted by Gasteiger charge is 2.25. The van der Waals surface area contributed by atoms with E-state index >= 15 is 0 Å². The second-order valence-electron chi connectivity index (χ2n) is 4.90. The van der Waals surface area contributed by atoms with Gasteiger partial charge in [0.25, 0.3) is 5.91 Å². The monoisotopic (exact) mass is 338 g/mol. The number of carbonyl (C=O) groups is 2. The summed E-state index contributed by atoms with van der Waals surface area (Å²) in [6.45, 7) is 3.51. The van der Waals surface area contributed by atoms with Gasteiger partial charge in [0.1, 0.15) is 6.04 Å². The molecule has 1 aromatic carbocycles. The molecule has 0 aliphatic carbocycles. The summed E-state index contributed by atoms with van der Waals surface area (Å²) in [6, 6.07) is 4.64. The lowest BCUT2D eigenvalue weighted by atomic mass is 10.0. The molecule has 0 saturated heterocycles. The van der Waals surface area contributed by atoms with Gasteiger partial charge in [0, 0.05) is 21.6 Å². The molecule has 0 unspecified atom stereocenters. The van der Waals surface area contributed by atoms with Crippen LogP contribution < -0.4 is 5.32 Å². The Morgan fingerprint density at radius 2 is 2.05 bits per heavy atom. The van der Waals surface area contributed by atoms with Gasteiger partial charge in [0.15, 0.2) is 0 Å². The Balaban J connectivity index is 2.35. The maximum Gasteiger partial charge on any atom is 0.326 e. The largest absolute Gasteiger partial charge is 0.480 e. The number of aliphatic carboxylic acids is 1. The molecule has 1 aromatic heterocycles. The molecule has 106 valence electrons. The maximum atomic E-state index is 12.3. The molecule has 5 nitrogen and oxygen atoms in total. The van der Waals surface area contributed by atoms with Gasteiger partial charge in [0.2, 0.25) is 0 Å². The molecule has 0 aliphatic rings. The van der Waals surface area contributed by atoms with E-state index in [2.05, 4.69) is 26.2 Å². The Morgan fingerprint density at radius 3 is 2.65 bits per heavy atom. The van der Waals surface area contributed by atoms with Gasteiger partial charge in [-0.1, -0.05) is 35.8 Å². The first-order valence-electron chi connectivity index (χ1n) is 6.21. The van der Waals surface area contributed by atoms with Gasteiger partial charge in [-0.05, 0) is 18.1 Å². The van der Waals surface area contributed by atoms with Crippen molar-refractivity contribution in [3.63, 3.8) is 0 Å². The first-order valence-corrected chi connectivity index (χ1v) is 7.00. The molecule has 1 amide bonds. The number of amides is 1. The predicted molar refractivity (Wildman–Crippen MR) is 79.7 cm³/mol. The van der Waals surface area contributed by atoms with Gasteiger partial charge in [-0.15, -0.1) is 0 Å². The number of benzene rings is 1. The molecular formula is C14H15BrN2O3. The van der Waals surface area contributed by atoms with E-state index in [-0.39, 0.29) is 5.92 Å². The Hall–Kier alpha value is -1.82. The Bertz CT molecular complexity index is 663. The van der Waals surface area contributed by atoms with E-state index in [4.69, 9.17) is 5.11 Å². The van der Waals surface area contributed by atoms with Gasteiger partial charge < -0.3 is 15.4 Å². The quantitative estimate of drug-likeness (QED) is 0.801. The third kappa shape index (κ3) is 2.70. The zero-order valence-electron chi connectivity index (χ0n) is 11.1. The Kier molecular flexibility index (Phi) is 4.13. The van der Waals surface area contributed by atoms with Crippen molar-refractivity contribution in [1.29, 1.82) is 0 Å². The fraction of sp³-hybridized carbons (Fsp3) is 0.286. The number of carboxylic acid groups (broad SMARTS) is 1. The molecule has 3 N–H and O–H groups in total. The molecule has 2 rings (SSSR count). The summed E-state index contributed by atoms with van der Waals surface area (Å²) in [6.07, 6.45) is 1.59. The van der Waals surface area contributed by atoms with E-state index < -0.39 is 17.9 Å². The number of aromatic amines is 1. The van der Waals surface area contributed by atoms with Crippen LogP contribution in [0.3, 0.4) is 0 Å². The first kappa shape index (κ1) is 14.6. The number of halogens is 1. The van der Waals surface area contributed by atoms with Crippen LogP contribution in [0.4, 0.5) is 0 Å². The van der Waals surface area contributed by atoms with Crippen LogP contribution in [0.25, 0.3) is 10.9 Å². The number of rotatable bonds is 4. The van der Waals surface area contributed by atoms with Gasteiger partial charge in [-0.2, -0.15) is 0 Å². The number of fused-ring (bicyclic) bond motifs is 1. The van der Waals surface area contributed by atoms with Crippen LogP contribution in [0.5, 0.6) is 0 Å². The van der Waals surface area contributed by atoms with Crippen molar-refractivity contribution in [3.8, 4) is 0 Å². The van der Waals surface area contributed by atoms with Crippen molar-refractivity contribution in [2.75, 3.05) is 0 Å². The fourth-order valence-corrected chi connectivity index (χ4v) is 2.63. The molecule has 0 fully saturated rings. The topological polar surface area (TPSA) is 82.2 Å². The number of hydrogen-bond acceptors (Lipinski definition) is 2. The maximum absolute atomic E-state index is 12.3. The Morgan fingerprint density at radius 1 is 1.35 bits per heavy atom. The highest BCUT2D eigenvalue weighted by Crippen LogP contribution is 2.27. The number of carbonyl (C=O) groups excluding carboxylic acids is 1. The Labute approximate surface area is 124 Å². The molecule has 0 spiro atoms. The van der Waals surface area contributed by atoms with Crippen molar-refractivity contribution >= 4 is 38.7 Å². The number of hydrogen-bond donors (Lipinski definition) is 3. The summed E-state index contributed by atoms with van der Waals surface area (Å²) in [5.74, 6) is -1.62. The number of H-pyrrole nitrogens is 1. The van der Waals surface area contributed by atoms with E-state index in [1.807, 2.05) is 18.2 Å². The lowest BCUT2D eigenvalue weighted by Gasteiger charge is -2.17. The second-order valence-corrected chi connectivity index (χ2v) is 5.75.